The van der Waals surface area contributed by atoms with Crippen molar-refractivity contribution in [1.82, 2.24) is 5.43 Å². The van der Waals surface area contributed by atoms with Crippen LogP contribution in [0.1, 0.15) is 20.3 Å². The predicted octanol–water partition coefficient (Wildman–Crippen LogP) is 3.27. The standard InChI is InChI=1S/C12H14Cl2N2O2/c1-3-6-15-16-12(17)8(2)18-11-5-4-9(13)7-10(11)14/h4-8H,3H2,1-2H3,(H,16,17). The van der Waals surface area contributed by atoms with E-state index in [1.54, 1.807) is 31.3 Å². The first-order chi connectivity index (χ1) is 8.54. The molecular weight excluding hydrogens is 275 g/mol. The summed E-state index contributed by atoms with van der Waals surface area (Å²) in [6.07, 6.45) is 1.65. The third kappa shape index (κ3) is 4.55. The molecule has 1 atom stereocenters. The Bertz CT molecular complexity index is 450. The molecule has 0 saturated heterocycles. The number of carbonyl (C=O) groups is 1. The van der Waals surface area contributed by atoms with Gasteiger partial charge < -0.3 is 4.74 Å². The summed E-state index contributed by atoms with van der Waals surface area (Å²) in [6.45, 7) is 3.53. The van der Waals surface area contributed by atoms with Crippen LogP contribution >= 0.6 is 23.2 Å². The lowest BCUT2D eigenvalue weighted by atomic mass is 10.3. The number of nitrogens with zero attached hydrogens (tertiary/aromatic N) is 1. The van der Waals surface area contributed by atoms with Crippen molar-refractivity contribution in [3.05, 3.63) is 28.2 Å². The van der Waals surface area contributed by atoms with Crippen molar-refractivity contribution >= 4 is 35.3 Å². The molecule has 0 fully saturated rings. The number of hydrogen-bond donors (Lipinski definition) is 1. The first-order valence-corrected chi connectivity index (χ1v) is 6.23. The smallest absolute Gasteiger partial charge is 0.280 e. The normalized spacial score (nSPS) is 12.4. The van der Waals surface area contributed by atoms with Crippen LogP contribution in [0, 0.1) is 0 Å². The average Bonchev–Trinajstić information content (AvgIpc) is 2.32. The lowest BCUT2D eigenvalue weighted by molar-refractivity contribution is -0.127. The first-order valence-electron chi connectivity index (χ1n) is 5.47. The quantitative estimate of drug-likeness (QED) is 0.668. The monoisotopic (exact) mass is 288 g/mol. The predicted molar refractivity (Wildman–Crippen MR) is 73.5 cm³/mol. The number of halogens is 2. The maximum absolute atomic E-state index is 11.6. The SMILES string of the molecule is CCC=NNC(=O)C(C)Oc1ccc(Cl)cc1Cl. The van der Waals surface area contributed by atoms with Gasteiger partial charge in [-0.1, -0.05) is 30.1 Å². The molecule has 98 valence electrons. The van der Waals surface area contributed by atoms with Gasteiger partial charge >= 0.3 is 0 Å². The summed E-state index contributed by atoms with van der Waals surface area (Å²) in [5, 5.41) is 4.60. The van der Waals surface area contributed by atoms with Gasteiger partial charge in [0.15, 0.2) is 6.10 Å². The Hall–Kier alpha value is -1.26. The summed E-state index contributed by atoms with van der Waals surface area (Å²) in [7, 11) is 0. The van der Waals surface area contributed by atoms with Gasteiger partial charge in [0, 0.05) is 11.2 Å². The van der Waals surface area contributed by atoms with Crippen LogP contribution in [-0.4, -0.2) is 18.2 Å². The van der Waals surface area contributed by atoms with Crippen molar-refractivity contribution < 1.29 is 9.53 Å². The van der Waals surface area contributed by atoms with Gasteiger partial charge in [0.1, 0.15) is 5.75 Å². The Morgan fingerprint density at radius 1 is 1.56 bits per heavy atom. The molecule has 6 heteroatoms. The molecule has 0 aromatic heterocycles. The summed E-state index contributed by atoms with van der Waals surface area (Å²) in [5.74, 6) is 0.0638. The molecule has 0 bridgehead atoms. The molecule has 0 spiro atoms. The van der Waals surface area contributed by atoms with Crippen molar-refractivity contribution in [2.45, 2.75) is 26.4 Å². The summed E-state index contributed by atoms with van der Waals surface area (Å²) < 4.78 is 5.42. The molecule has 4 nitrogen and oxygen atoms in total. The molecule has 0 aliphatic heterocycles. The van der Waals surface area contributed by atoms with Crippen molar-refractivity contribution in [3.8, 4) is 5.75 Å². The van der Waals surface area contributed by atoms with Crippen LogP contribution in [-0.2, 0) is 4.79 Å². The zero-order chi connectivity index (χ0) is 13.5. The first kappa shape index (κ1) is 14.8. The number of nitrogens with one attached hydrogen (secondary N) is 1. The minimum absolute atomic E-state index is 0.342. The summed E-state index contributed by atoms with van der Waals surface area (Å²) >= 11 is 11.7. The maximum atomic E-state index is 11.6. The number of ether oxygens (including phenoxy) is 1. The number of benzene rings is 1. The zero-order valence-corrected chi connectivity index (χ0v) is 11.6. The number of rotatable bonds is 5. The van der Waals surface area contributed by atoms with Crippen LogP contribution in [0.15, 0.2) is 23.3 Å². The van der Waals surface area contributed by atoms with Crippen molar-refractivity contribution in [2.24, 2.45) is 5.10 Å². The minimum Gasteiger partial charge on any atom is -0.479 e. The fraction of sp³-hybridized carbons (Fsp3) is 0.333. The zero-order valence-electron chi connectivity index (χ0n) is 10.1. The highest BCUT2D eigenvalue weighted by molar-refractivity contribution is 6.35. The second kappa shape index (κ2) is 7.24. The van der Waals surface area contributed by atoms with Crippen LogP contribution in [0.25, 0.3) is 0 Å². The second-order valence-corrected chi connectivity index (χ2v) is 4.37. The lowest BCUT2D eigenvalue weighted by Crippen LogP contribution is -2.33. The molecule has 1 amide bonds. The summed E-state index contributed by atoms with van der Waals surface area (Å²) in [4.78, 5) is 11.6. The molecule has 1 N–H and O–H groups in total. The van der Waals surface area contributed by atoms with Crippen LogP contribution in [0.2, 0.25) is 10.0 Å². The number of hydrogen-bond acceptors (Lipinski definition) is 3. The van der Waals surface area contributed by atoms with E-state index in [1.807, 2.05) is 6.92 Å². The molecule has 1 aromatic carbocycles. The third-order valence-electron chi connectivity index (χ3n) is 2.02. The van der Waals surface area contributed by atoms with E-state index in [1.165, 1.54) is 0 Å². The lowest BCUT2D eigenvalue weighted by Gasteiger charge is -2.14. The Balaban J connectivity index is 2.60. The Morgan fingerprint density at radius 3 is 2.89 bits per heavy atom. The highest BCUT2D eigenvalue weighted by Gasteiger charge is 2.15. The topological polar surface area (TPSA) is 50.7 Å². The van der Waals surface area contributed by atoms with E-state index in [9.17, 15) is 4.79 Å². The van der Waals surface area contributed by atoms with Crippen molar-refractivity contribution in [1.29, 1.82) is 0 Å². The number of amides is 1. The fourth-order valence-corrected chi connectivity index (χ4v) is 1.56. The maximum Gasteiger partial charge on any atom is 0.280 e. The van der Waals surface area contributed by atoms with Crippen molar-refractivity contribution in [3.63, 3.8) is 0 Å². The van der Waals surface area contributed by atoms with Gasteiger partial charge in [0.2, 0.25) is 0 Å². The van der Waals surface area contributed by atoms with E-state index >= 15 is 0 Å². The molecule has 1 aromatic rings. The van der Waals surface area contributed by atoms with Crippen LogP contribution in [0.4, 0.5) is 0 Å². The Morgan fingerprint density at radius 2 is 2.28 bits per heavy atom. The van der Waals surface area contributed by atoms with Gasteiger partial charge in [-0.2, -0.15) is 5.10 Å². The average molecular weight is 289 g/mol. The van der Waals surface area contributed by atoms with E-state index < -0.39 is 6.10 Å². The van der Waals surface area contributed by atoms with Crippen LogP contribution in [0.5, 0.6) is 5.75 Å². The summed E-state index contributed by atoms with van der Waals surface area (Å²) in [6, 6.07) is 4.81. The molecule has 1 unspecified atom stereocenters. The van der Waals surface area contributed by atoms with Gasteiger partial charge in [0.25, 0.3) is 5.91 Å². The molecule has 1 rings (SSSR count). The third-order valence-corrected chi connectivity index (χ3v) is 2.55. The largest absolute Gasteiger partial charge is 0.479 e. The van der Waals surface area contributed by atoms with Gasteiger partial charge in [-0.05, 0) is 31.5 Å². The second-order valence-electron chi connectivity index (χ2n) is 3.53. The Labute approximate surface area is 116 Å². The molecule has 0 aliphatic rings. The van der Waals surface area contributed by atoms with E-state index in [0.29, 0.717) is 15.8 Å². The molecule has 0 heterocycles. The molecule has 0 aliphatic carbocycles. The fourth-order valence-electron chi connectivity index (χ4n) is 1.11. The van der Waals surface area contributed by atoms with Gasteiger partial charge in [-0.15, -0.1) is 0 Å². The molecular formula is C12H14Cl2N2O2. The van der Waals surface area contributed by atoms with E-state index in [-0.39, 0.29) is 5.91 Å². The van der Waals surface area contributed by atoms with Crippen LogP contribution < -0.4 is 10.2 Å². The van der Waals surface area contributed by atoms with Gasteiger partial charge in [-0.3, -0.25) is 4.79 Å². The number of hydrazone groups is 1. The Kier molecular flexibility index (Phi) is 5.95. The van der Waals surface area contributed by atoms with E-state index in [4.69, 9.17) is 27.9 Å². The van der Waals surface area contributed by atoms with Gasteiger partial charge in [-0.25, -0.2) is 5.43 Å². The highest BCUT2D eigenvalue weighted by Crippen LogP contribution is 2.28. The van der Waals surface area contributed by atoms with E-state index in [0.717, 1.165) is 6.42 Å². The van der Waals surface area contributed by atoms with Crippen LogP contribution in [0.3, 0.4) is 0 Å². The minimum atomic E-state index is -0.697. The molecule has 0 radical (unpaired) electrons. The molecule has 18 heavy (non-hydrogen) atoms. The summed E-state index contributed by atoms with van der Waals surface area (Å²) in [5.41, 5.74) is 2.37. The van der Waals surface area contributed by atoms with Crippen molar-refractivity contribution in [2.75, 3.05) is 0 Å². The van der Waals surface area contributed by atoms with E-state index in [2.05, 4.69) is 10.5 Å². The van der Waals surface area contributed by atoms with Gasteiger partial charge in [0.05, 0.1) is 5.02 Å². The highest BCUT2D eigenvalue weighted by atomic mass is 35.5. The molecule has 0 saturated carbocycles. The number of carbonyl (C=O) groups excluding carboxylic acids is 1.